The van der Waals surface area contributed by atoms with Crippen molar-refractivity contribution >= 4 is 10.0 Å². The smallest absolute Gasteiger partial charge is 0.255 e. The summed E-state index contributed by atoms with van der Waals surface area (Å²) in [6.45, 7) is 4.12. The van der Waals surface area contributed by atoms with Gasteiger partial charge in [0.2, 0.25) is 0 Å². The Kier molecular flexibility index (Phi) is 2.20. The van der Waals surface area contributed by atoms with E-state index >= 15 is 0 Å². The predicted molar refractivity (Wildman–Crippen MR) is 44.0 cm³/mol. The quantitative estimate of drug-likeness (QED) is 0.703. The van der Waals surface area contributed by atoms with E-state index in [1.54, 1.807) is 11.5 Å². The molecule has 1 aromatic rings. The molecule has 0 atom stereocenters. The molecule has 0 aliphatic rings. The maximum atomic E-state index is 10.9. The first-order valence-corrected chi connectivity index (χ1v) is 5.06. The Morgan fingerprint density at radius 3 is 2.58 bits per heavy atom. The van der Waals surface area contributed by atoms with Crippen LogP contribution in [0, 0.1) is 6.92 Å². The molecule has 5 nitrogen and oxygen atoms in total. The number of hydrogen-bond acceptors (Lipinski definition) is 3. The van der Waals surface area contributed by atoms with Crippen LogP contribution in [0.5, 0.6) is 0 Å². The lowest BCUT2D eigenvalue weighted by Crippen LogP contribution is -2.17. The molecular weight excluding hydrogens is 178 g/mol. The average molecular weight is 189 g/mol. The molecule has 0 aliphatic carbocycles. The van der Waals surface area contributed by atoms with Crippen molar-refractivity contribution in [1.29, 1.82) is 0 Å². The lowest BCUT2D eigenvalue weighted by Gasteiger charge is -2.03. The molecule has 0 radical (unpaired) electrons. The fourth-order valence-corrected chi connectivity index (χ4v) is 1.83. The molecule has 0 saturated heterocycles. The van der Waals surface area contributed by atoms with Crippen LogP contribution < -0.4 is 5.14 Å². The number of hydrogen-bond donors (Lipinski definition) is 1. The van der Waals surface area contributed by atoms with Gasteiger partial charge >= 0.3 is 0 Å². The second kappa shape index (κ2) is 2.87. The molecule has 0 fully saturated rings. The molecule has 0 bridgehead atoms. The number of imidazole rings is 1. The van der Waals surface area contributed by atoms with Crippen molar-refractivity contribution in [1.82, 2.24) is 9.55 Å². The monoisotopic (exact) mass is 189 g/mol. The predicted octanol–water partition coefficient (Wildman–Crippen LogP) is -0.141. The number of nitrogens with zero attached hydrogens (tertiary/aromatic N) is 2. The molecule has 1 rings (SSSR count). The molecule has 1 aromatic heterocycles. The molecule has 0 aliphatic heterocycles. The number of primary sulfonamides is 1. The van der Waals surface area contributed by atoms with Gasteiger partial charge in [0.15, 0.2) is 5.03 Å². The molecule has 12 heavy (non-hydrogen) atoms. The Labute approximate surface area is 71.3 Å². The minimum atomic E-state index is -3.62. The summed E-state index contributed by atoms with van der Waals surface area (Å²) in [6.07, 6.45) is 1.27. The minimum absolute atomic E-state index is 0.0718. The largest absolute Gasteiger partial charge is 0.319 e. The second-order valence-electron chi connectivity index (χ2n) is 2.43. The molecule has 0 aromatic carbocycles. The summed E-state index contributed by atoms with van der Waals surface area (Å²) in [6, 6.07) is 0. The van der Waals surface area contributed by atoms with Gasteiger partial charge in [-0.3, -0.25) is 0 Å². The Hall–Kier alpha value is -0.880. The van der Waals surface area contributed by atoms with Gasteiger partial charge in [-0.25, -0.2) is 18.5 Å². The SMILES string of the molecule is CCn1c(S(N)(=O)=O)cnc1C. The summed E-state index contributed by atoms with van der Waals surface area (Å²) >= 11 is 0. The van der Waals surface area contributed by atoms with Gasteiger partial charge in [0.25, 0.3) is 10.0 Å². The summed E-state index contributed by atoms with van der Waals surface area (Å²) in [7, 11) is -3.62. The fraction of sp³-hybridized carbons (Fsp3) is 0.500. The standard InChI is InChI=1S/C6H11N3O2S/c1-3-9-5(2)8-4-6(9)12(7,10)11/h4H,3H2,1-2H3,(H2,7,10,11). The van der Waals surface area contributed by atoms with Gasteiger partial charge < -0.3 is 4.57 Å². The van der Waals surface area contributed by atoms with Crippen molar-refractivity contribution in [2.24, 2.45) is 5.14 Å². The van der Waals surface area contributed by atoms with Crippen LogP contribution >= 0.6 is 0 Å². The Morgan fingerprint density at radius 2 is 2.25 bits per heavy atom. The summed E-state index contributed by atoms with van der Waals surface area (Å²) in [5.41, 5.74) is 0. The molecule has 1 heterocycles. The summed E-state index contributed by atoms with van der Waals surface area (Å²) in [4.78, 5) is 3.86. The van der Waals surface area contributed by atoms with Crippen LogP contribution in [0.15, 0.2) is 11.2 Å². The number of aryl methyl sites for hydroxylation is 1. The van der Waals surface area contributed by atoms with Crippen molar-refractivity contribution in [2.75, 3.05) is 0 Å². The zero-order chi connectivity index (χ0) is 9.35. The molecule has 2 N–H and O–H groups in total. The van der Waals surface area contributed by atoms with Crippen molar-refractivity contribution in [3.63, 3.8) is 0 Å². The highest BCUT2D eigenvalue weighted by molar-refractivity contribution is 7.89. The van der Waals surface area contributed by atoms with E-state index in [0.717, 1.165) is 0 Å². The highest BCUT2D eigenvalue weighted by atomic mass is 32.2. The van der Waals surface area contributed by atoms with Crippen molar-refractivity contribution in [3.8, 4) is 0 Å². The maximum absolute atomic E-state index is 10.9. The van der Waals surface area contributed by atoms with Gasteiger partial charge in [0, 0.05) is 6.54 Å². The van der Waals surface area contributed by atoms with Crippen molar-refractivity contribution in [2.45, 2.75) is 25.4 Å². The summed E-state index contributed by atoms with van der Waals surface area (Å²) in [5.74, 6) is 0.654. The van der Waals surface area contributed by atoms with E-state index in [9.17, 15) is 8.42 Å². The third kappa shape index (κ3) is 1.49. The van der Waals surface area contributed by atoms with E-state index < -0.39 is 10.0 Å². The normalized spacial score (nSPS) is 11.9. The van der Waals surface area contributed by atoms with Crippen molar-refractivity contribution < 1.29 is 8.42 Å². The molecule has 0 unspecified atom stereocenters. The Bertz CT molecular complexity index is 379. The van der Waals surface area contributed by atoms with Gasteiger partial charge in [-0.15, -0.1) is 0 Å². The van der Waals surface area contributed by atoms with E-state index in [1.165, 1.54) is 6.20 Å². The lowest BCUT2D eigenvalue weighted by atomic mass is 10.6. The molecule has 0 amide bonds. The van der Waals surface area contributed by atoms with Crippen LogP contribution in [0.4, 0.5) is 0 Å². The lowest BCUT2D eigenvalue weighted by molar-refractivity contribution is 0.576. The molecule has 0 spiro atoms. The molecule has 68 valence electrons. The zero-order valence-corrected chi connectivity index (χ0v) is 7.80. The van der Waals surface area contributed by atoms with Gasteiger partial charge in [-0.1, -0.05) is 0 Å². The Morgan fingerprint density at radius 1 is 1.67 bits per heavy atom. The van der Waals surface area contributed by atoms with Crippen LogP contribution in [0.1, 0.15) is 12.7 Å². The van der Waals surface area contributed by atoms with Crippen LogP contribution in [0.25, 0.3) is 0 Å². The first-order valence-electron chi connectivity index (χ1n) is 3.51. The van der Waals surface area contributed by atoms with E-state index in [1.807, 2.05) is 6.92 Å². The third-order valence-electron chi connectivity index (χ3n) is 1.63. The topological polar surface area (TPSA) is 78.0 Å². The van der Waals surface area contributed by atoms with Crippen molar-refractivity contribution in [3.05, 3.63) is 12.0 Å². The highest BCUT2D eigenvalue weighted by Crippen LogP contribution is 2.08. The van der Waals surface area contributed by atoms with Crippen LogP contribution in [-0.2, 0) is 16.6 Å². The van der Waals surface area contributed by atoms with Crippen LogP contribution in [0.2, 0.25) is 0 Å². The minimum Gasteiger partial charge on any atom is -0.319 e. The van der Waals surface area contributed by atoms with Gasteiger partial charge in [-0.05, 0) is 13.8 Å². The number of aromatic nitrogens is 2. The summed E-state index contributed by atoms with van der Waals surface area (Å²) in [5, 5.41) is 5.03. The number of rotatable bonds is 2. The number of sulfonamides is 1. The zero-order valence-electron chi connectivity index (χ0n) is 6.98. The van der Waals surface area contributed by atoms with Crippen LogP contribution in [0.3, 0.4) is 0 Å². The Balaban J connectivity index is 3.36. The molecule has 6 heteroatoms. The van der Waals surface area contributed by atoms with Gasteiger partial charge in [0.05, 0.1) is 6.20 Å². The van der Waals surface area contributed by atoms with E-state index in [2.05, 4.69) is 4.98 Å². The highest BCUT2D eigenvalue weighted by Gasteiger charge is 2.14. The van der Waals surface area contributed by atoms with E-state index in [4.69, 9.17) is 5.14 Å². The second-order valence-corrected chi connectivity index (χ2v) is 3.94. The molecular formula is C6H11N3O2S. The third-order valence-corrected chi connectivity index (χ3v) is 2.54. The van der Waals surface area contributed by atoms with Crippen LogP contribution in [-0.4, -0.2) is 18.0 Å². The summed E-state index contributed by atoms with van der Waals surface area (Å²) < 4.78 is 23.4. The fourth-order valence-electron chi connectivity index (χ4n) is 1.06. The first kappa shape index (κ1) is 9.21. The maximum Gasteiger partial charge on any atom is 0.255 e. The number of nitrogens with two attached hydrogens (primary N) is 1. The first-order chi connectivity index (χ1) is 5.46. The van der Waals surface area contributed by atoms with Gasteiger partial charge in [-0.2, -0.15) is 0 Å². The van der Waals surface area contributed by atoms with E-state index in [-0.39, 0.29) is 5.03 Å². The molecule has 0 saturated carbocycles. The average Bonchev–Trinajstić information content (AvgIpc) is 2.29. The van der Waals surface area contributed by atoms with E-state index in [0.29, 0.717) is 12.4 Å². The van der Waals surface area contributed by atoms with Gasteiger partial charge in [0.1, 0.15) is 5.82 Å².